The summed E-state index contributed by atoms with van der Waals surface area (Å²) >= 11 is 3.66. The van der Waals surface area contributed by atoms with Crippen LogP contribution in [0, 0.1) is 0 Å². The van der Waals surface area contributed by atoms with Gasteiger partial charge in [0.1, 0.15) is 0 Å². The van der Waals surface area contributed by atoms with Crippen molar-refractivity contribution in [2.75, 3.05) is 0 Å². The van der Waals surface area contributed by atoms with E-state index in [1.165, 1.54) is 30.2 Å². The van der Waals surface area contributed by atoms with E-state index in [2.05, 4.69) is 97.0 Å². The highest BCUT2D eigenvalue weighted by atomic mass is 79.9. The fraction of sp³-hybridized carbons (Fsp3) is 0.571. The molecule has 0 fully saturated rings. The molecule has 0 aromatic heterocycles. The van der Waals surface area contributed by atoms with Crippen molar-refractivity contribution in [2.24, 2.45) is 0 Å². The Balaban J connectivity index is 3.94. The Morgan fingerprint density at radius 2 is 1.26 bits per heavy atom. The van der Waals surface area contributed by atoms with Crippen molar-refractivity contribution < 1.29 is 0 Å². The fourth-order valence-electron chi connectivity index (χ4n) is 2.48. The Kier molecular flexibility index (Phi) is 6.15. The van der Waals surface area contributed by atoms with Crippen LogP contribution in [-0.4, -0.2) is 4.20 Å². The maximum Gasteiger partial charge on any atom is 0.0447 e. The number of benzene rings is 1. The smallest absolute Gasteiger partial charge is 0.0447 e. The molecule has 0 radical (unpaired) electrons. The number of rotatable bonds is 2. The van der Waals surface area contributed by atoms with E-state index in [1.807, 2.05) is 6.08 Å². The third kappa shape index (κ3) is 5.30. The molecule has 1 aromatic rings. The molecule has 0 atom stereocenters. The third-order valence-corrected chi connectivity index (χ3v) is 5.94. The summed E-state index contributed by atoms with van der Waals surface area (Å²) in [5.41, 5.74) is 4.66. The van der Waals surface area contributed by atoms with E-state index < -0.39 is 0 Å². The van der Waals surface area contributed by atoms with Crippen molar-refractivity contribution in [1.29, 1.82) is 0 Å². The monoisotopic (exact) mass is 394 g/mol. The summed E-state index contributed by atoms with van der Waals surface area (Å²) in [6.45, 7) is 24.6. The van der Waals surface area contributed by atoms with Crippen LogP contribution in [0.4, 0.5) is 0 Å². The minimum absolute atomic E-state index is 0.109. The van der Waals surface area contributed by atoms with Gasteiger partial charge in [-0.1, -0.05) is 95.3 Å². The van der Waals surface area contributed by atoms with Crippen LogP contribution in [-0.2, 0) is 16.2 Å². The zero-order chi connectivity index (χ0) is 18.2. The minimum atomic E-state index is 0.109. The zero-order valence-corrected chi connectivity index (χ0v) is 18.7. The fourth-order valence-corrected chi connectivity index (χ4v) is 4.36. The van der Waals surface area contributed by atoms with Gasteiger partial charge in [0.2, 0.25) is 0 Å². The summed E-state index contributed by atoms with van der Waals surface area (Å²) in [4.78, 5) is 0. The molecule has 23 heavy (non-hydrogen) atoms. The molecule has 1 aromatic carbocycles. The first-order valence-corrected chi connectivity index (χ1v) is 9.93. The Morgan fingerprint density at radius 3 is 1.52 bits per heavy atom. The summed E-state index contributed by atoms with van der Waals surface area (Å²) < 4.78 is 1.12. The first-order chi connectivity index (χ1) is 10.2. The minimum Gasteiger partial charge on any atom is -0.0976 e. The van der Waals surface area contributed by atoms with Gasteiger partial charge in [-0.2, -0.15) is 0 Å². The van der Waals surface area contributed by atoms with Crippen molar-refractivity contribution in [1.82, 2.24) is 0 Å². The van der Waals surface area contributed by atoms with Crippen LogP contribution in [0.1, 0.15) is 79.0 Å². The zero-order valence-electron chi connectivity index (χ0n) is 16.3. The van der Waals surface area contributed by atoms with E-state index >= 15 is 0 Å². The lowest BCUT2D eigenvalue weighted by molar-refractivity contribution is 0.554. The van der Waals surface area contributed by atoms with Gasteiger partial charge in [-0.25, -0.2) is 0 Å². The highest BCUT2D eigenvalue weighted by molar-refractivity contribution is 9.19. The predicted octanol–water partition coefficient (Wildman–Crippen LogP) is 6.86. The standard InChI is InChI=1S/C21H32BrP/c1-11-17(22)23-18-15(20(5,6)7)12-14(19(2,3)4)13-16(18)21(8,9)10/h11-13H,1H2,2-10H3. The largest absolute Gasteiger partial charge is 0.0976 e. The highest BCUT2D eigenvalue weighted by Crippen LogP contribution is 2.35. The van der Waals surface area contributed by atoms with Crippen molar-refractivity contribution in [2.45, 2.75) is 78.6 Å². The molecule has 0 aliphatic carbocycles. The van der Waals surface area contributed by atoms with Gasteiger partial charge in [-0.15, -0.1) is 0 Å². The van der Waals surface area contributed by atoms with Gasteiger partial charge in [0.15, 0.2) is 0 Å². The van der Waals surface area contributed by atoms with E-state index in [0.29, 0.717) is 0 Å². The van der Waals surface area contributed by atoms with E-state index in [-0.39, 0.29) is 16.2 Å². The van der Waals surface area contributed by atoms with Gasteiger partial charge < -0.3 is 0 Å². The number of hydrogen-bond acceptors (Lipinski definition) is 0. The Morgan fingerprint density at radius 1 is 0.870 bits per heavy atom. The average Bonchev–Trinajstić information content (AvgIpc) is 2.34. The summed E-state index contributed by atoms with van der Waals surface area (Å²) in [7, 11) is 1.20. The summed E-state index contributed by atoms with van der Waals surface area (Å²) in [6.07, 6.45) is 1.90. The molecule has 0 spiro atoms. The topological polar surface area (TPSA) is 0 Å². The number of halogens is 1. The third-order valence-electron chi connectivity index (χ3n) is 3.98. The van der Waals surface area contributed by atoms with Crippen molar-refractivity contribution in [3.05, 3.63) is 41.5 Å². The van der Waals surface area contributed by atoms with Crippen molar-refractivity contribution >= 4 is 33.6 Å². The molecule has 0 amide bonds. The van der Waals surface area contributed by atoms with Crippen LogP contribution in [0.5, 0.6) is 0 Å². The first kappa shape index (κ1) is 20.7. The number of hydrogen-bond donors (Lipinski definition) is 0. The molecule has 0 N–H and O–H groups in total. The summed E-state index contributed by atoms with van der Waals surface area (Å²) in [6, 6.07) is 4.84. The molecular weight excluding hydrogens is 363 g/mol. The average molecular weight is 395 g/mol. The summed E-state index contributed by atoms with van der Waals surface area (Å²) in [5.74, 6) is 0. The van der Waals surface area contributed by atoms with Crippen LogP contribution in [0.25, 0.3) is 0 Å². The van der Waals surface area contributed by atoms with Crippen molar-refractivity contribution in [3.8, 4) is 0 Å². The number of allylic oxidation sites excluding steroid dienone is 1. The molecule has 0 nitrogen and oxygen atoms in total. The lowest BCUT2D eigenvalue weighted by Crippen LogP contribution is -2.29. The van der Waals surface area contributed by atoms with Crippen LogP contribution in [0.2, 0.25) is 0 Å². The quantitative estimate of drug-likeness (QED) is 0.480. The molecule has 2 heteroatoms. The molecule has 0 heterocycles. The Hall–Kier alpha value is -0.390. The second-order valence-electron chi connectivity index (χ2n) is 9.31. The maximum absolute atomic E-state index is 3.91. The lowest BCUT2D eigenvalue weighted by Gasteiger charge is -2.32. The second-order valence-corrected chi connectivity index (χ2v) is 11.9. The van der Waals surface area contributed by atoms with E-state index in [1.54, 1.807) is 0 Å². The molecule has 128 valence electrons. The molecule has 0 bridgehead atoms. The highest BCUT2D eigenvalue weighted by Gasteiger charge is 2.28. The van der Waals surface area contributed by atoms with E-state index in [4.69, 9.17) is 0 Å². The maximum atomic E-state index is 3.91. The second kappa shape index (κ2) is 6.85. The summed E-state index contributed by atoms with van der Waals surface area (Å²) in [5, 5.41) is 1.42. The molecule has 1 rings (SSSR count). The molecule has 0 saturated heterocycles. The predicted molar refractivity (Wildman–Crippen MR) is 113 cm³/mol. The van der Waals surface area contributed by atoms with Crippen LogP contribution in [0.15, 0.2) is 24.8 Å². The molecule has 0 aliphatic heterocycles. The van der Waals surface area contributed by atoms with Gasteiger partial charge in [0, 0.05) is 9.51 Å². The first-order valence-electron chi connectivity index (χ1n) is 8.24. The van der Waals surface area contributed by atoms with Gasteiger partial charge in [-0.3, -0.25) is 0 Å². The molecule has 0 saturated carbocycles. The van der Waals surface area contributed by atoms with Gasteiger partial charge in [-0.05, 0) is 48.9 Å². The Bertz CT molecular complexity index is 582. The SMILES string of the molecule is C=CC(Br)=Pc1c(C(C)(C)C)cc(C(C)(C)C)cc1C(C)(C)C. The Labute approximate surface area is 153 Å². The van der Waals surface area contributed by atoms with Crippen LogP contribution in [0.3, 0.4) is 0 Å². The van der Waals surface area contributed by atoms with E-state index in [9.17, 15) is 0 Å². The molecular formula is C21H32BrP. The lowest BCUT2D eigenvalue weighted by atomic mass is 9.75. The molecule has 0 unspecified atom stereocenters. The van der Waals surface area contributed by atoms with Gasteiger partial charge >= 0.3 is 0 Å². The van der Waals surface area contributed by atoms with E-state index in [0.717, 1.165) is 4.20 Å². The molecule has 0 aliphatic rings. The van der Waals surface area contributed by atoms with Crippen LogP contribution < -0.4 is 5.30 Å². The van der Waals surface area contributed by atoms with Crippen molar-refractivity contribution in [3.63, 3.8) is 0 Å². The van der Waals surface area contributed by atoms with Gasteiger partial charge in [0.05, 0.1) is 0 Å². The van der Waals surface area contributed by atoms with Crippen LogP contribution >= 0.6 is 24.1 Å². The van der Waals surface area contributed by atoms with Gasteiger partial charge in [0.25, 0.3) is 0 Å². The normalized spacial score (nSPS) is 14.1.